The number of ketones is 2. The van der Waals surface area contributed by atoms with Gasteiger partial charge in [0.2, 0.25) is 5.91 Å². The van der Waals surface area contributed by atoms with E-state index in [-0.39, 0.29) is 21.8 Å². The molecule has 3 aromatic rings. The third kappa shape index (κ3) is 7.75. The van der Waals surface area contributed by atoms with E-state index >= 15 is 0 Å². The lowest BCUT2D eigenvalue weighted by molar-refractivity contribution is -0.152. The average Bonchev–Trinajstić information content (AvgIpc) is 3.49. The second kappa shape index (κ2) is 12.5. The average molecular weight is 705 g/mol. The number of hydrogen-bond acceptors (Lipinski definition) is 3. The molecule has 3 aromatic carbocycles. The number of Topliss-reactive ketones (excluding diaryl/α,β-unsaturated/α-hetero) is 2. The number of rotatable bonds is 9. The summed E-state index contributed by atoms with van der Waals surface area (Å²) in [6.07, 6.45) is -13.8. The van der Waals surface area contributed by atoms with Crippen molar-refractivity contribution in [3.63, 3.8) is 0 Å². The first kappa shape index (κ1) is 34.6. The molecule has 1 amide bonds. The maximum Gasteiger partial charge on any atom is 0.419 e. The molecule has 240 valence electrons. The van der Waals surface area contributed by atoms with Gasteiger partial charge in [0.25, 0.3) is 0 Å². The molecule has 4 rings (SSSR count). The van der Waals surface area contributed by atoms with Crippen molar-refractivity contribution in [2.45, 2.75) is 41.9 Å². The predicted molar refractivity (Wildman–Crippen MR) is 146 cm³/mol. The third-order valence-electron chi connectivity index (χ3n) is 6.91. The summed E-state index contributed by atoms with van der Waals surface area (Å²) in [5.74, 6) is -9.91. The molecule has 0 aromatic heterocycles. The first-order valence-electron chi connectivity index (χ1n) is 12.6. The van der Waals surface area contributed by atoms with Gasteiger partial charge >= 0.3 is 12.4 Å². The van der Waals surface area contributed by atoms with E-state index in [1.807, 2.05) is 0 Å². The second-order valence-electron chi connectivity index (χ2n) is 10.2. The number of anilines is 1. The smallest absolute Gasteiger partial charge is 0.326 e. The van der Waals surface area contributed by atoms with Crippen molar-refractivity contribution in [1.82, 2.24) is 0 Å². The molecule has 1 N–H and O–H groups in total. The Labute approximate surface area is 263 Å². The van der Waals surface area contributed by atoms with Crippen LogP contribution in [0.1, 0.15) is 45.0 Å². The molecular weight excluding hydrogens is 688 g/mol. The maximum atomic E-state index is 15.0. The minimum absolute atomic E-state index is 0.0596. The van der Waals surface area contributed by atoms with Gasteiger partial charge < -0.3 is 5.32 Å². The molecule has 1 aliphatic carbocycles. The van der Waals surface area contributed by atoms with E-state index in [4.69, 9.17) is 34.8 Å². The summed E-state index contributed by atoms with van der Waals surface area (Å²) in [6, 6.07) is 7.15. The first-order chi connectivity index (χ1) is 20.7. The molecule has 0 aliphatic heterocycles. The van der Waals surface area contributed by atoms with Gasteiger partial charge in [-0.1, -0.05) is 23.7 Å². The monoisotopic (exact) mass is 703 g/mol. The lowest BCUT2D eigenvalue weighted by Crippen LogP contribution is -2.18. The van der Waals surface area contributed by atoms with Crippen molar-refractivity contribution in [2.75, 3.05) is 5.32 Å². The number of nitrogens with one attached hydrogen (secondary N) is 1. The van der Waals surface area contributed by atoms with Crippen LogP contribution in [0.25, 0.3) is 0 Å². The molecule has 0 heterocycles. The highest BCUT2D eigenvalue weighted by Crippen LogP contribution is 2.65. The second-order valence-corrected chi connectivity index (χ2v) is 12.0. The Balaban J connectivity index is 1.51. The minimum Gasteiger partial charge on any atom is -0.326 e. The van der Waals surface area contributed by atoms with E-state index in [1.54, 1.807) is 0 Å². The Morgan fingerprint density at radius 3 is 2.11 bits per heavy atom. The molecule has 0 bridgehead atoms. The van der Waals surface area contributed by atoms with Gasteiger partial charge in [-0.15, -0.1) is 23.2 Å². The van der Waals surface area contributed by atoms with Gasteiger partial charge in [-0.25, -0.2) is 13.2 Å². The van der Waals surface area contributed by atoms with E-state index in [0.717, 1.165) is 18.2 Å². The molecule has 1 fully saturated rings. The van der Waals surface area contributed by atoms with Crippen molar-refractivity contribution in [1.29, 1.82) is 0 Å². The van der Waals surface area contributed by atoms with E-state index in [9.17, 15) is 53.9 Å². The van der Waals surface area contributed by atoms with Crippen molar-refractivity contribution in [3.8, 4) is 0 Å². The van der Waals surface area contributed by atoms with Gasteiger partial charge in [0.15, 0.2) is 5.78 Å². The molecule has 16 heteroatoms. The molecule has 1 aliphatic rings. The largest absolute Gasteiger partial charge is 0.419 e. The van der Waals surface area contributed by atoms with Crippen LogP contribution in [-0.4, -0.2) is 28.0 Å². The standard InChI is InChI=1S/C29H17Cl3F9NO3/c30-19-4-3-14(42-26(45)24-23(28(24,31)32)12-1-6-21(34)18(7-12)29(39,40)41)9-16(19)22(44)8-13-2-5-20(33)17(25(13)35)10-15(43)11-27(36,37)38/h1-7,9,23-24H,8,10-11H2,(H,42,45)/t23-,24+/m0/s1. The summed E-state index contributed by atoms with van der Waals surface area (Å²) in [5, 5.41) is 2.24. The summed E-state index contributed by atoms with van der Waals surface area (Å²) < 4.78 is 118. The molecule has 2 atom stereocenters. The van der Waals surface area contributed by atoms with Crippen LogP contribution in [0.4, 0.5) is 45.2 Å². The highest BCUT2D eigenvalue weighted by molar-refractivity contribution is 6.53. The van der Waals surface area contributed by atoms with Crippen LogP contribution in [-0.2, 0) is 28.6 Å². The van der Waals surface area contributed by atoms with Gasteiger partial charge in [0.1, 0.15) is 34.0 Å². The summed E-state index contributed by atoms with van der Waals surface area (Å²) in [4.78, 5) is 37.7. The number of alkyl halides is 8. The number of carbonyl (C=O) groups is 3. The third-order valence-corrected chi connectivity index (χ3v) is 8.18. The molecule has 0 saturated heterocycles. The minimum atomic E-state index is -5.02. The van der Waals surface area contributed by atoms with E-state index in [0.29, 0.717) is 18.2 Å². The molecule has 0 spiro atoms. The van der Waals surface area contributed by atoms with Crippen LogP contribution in [0.5, 0.6) is 0 Å². The van der Waals surface area contributed by atoms with Gasteiger partial charge in [0.05, 0.1) is 16.5 Å². The number of halogens is 12. The Kier molecular flexibility index (Phi) is 9.59. The maximum absolute atomic E-state index is 15.0. The van der Waals surface area contributed by atoms with Crippen LogP contribution >= 0.6 is 34.8 Å². The number of benzene rings is 3. The highest BCUT2D eigenvalue weighted by Gasteiger charge is 2.67. The zero-order chi connectivity index (χ0) is 33.6. The molecule has 45 heavy (non-hydrogen) atoms. The number of amides is 1. The van der Waals surface area contributed by atoms with Gasteiger partial charge in [-0.2, -0.15) is 26.3 Å². The van der Waals surface area contributed by atoms with Gasteiger partial charge in [0, 0.05) is 35.6 Å². The summed E-state index contributed by atoms with van der Waals surface area (Å²) >= 11 is 18.5. The van der Waals surface area contributed by atoms with Crippen LogP contribution in [0.15, 0.2) is 48.5 Å². The lowest BCUT2D eigenvalue weighted by Gasteiger charge is -2.12. The highest BCUT2D eigenvalue weighted by atomic mass is 35.5. The Bertz CT molecular complexity index is 1690. The normalized spacial score (nSPS) is 17.6. The number of hydrogen-bond donors (Lipinski definition) is 1. The Hall–Kier alpha value is -3.29. The van der Waals surface area contributed by atoms with Crippen LogP contribution in [0.3, 0.4) is 0 Å². The van der Waals surface area contributed by atoms with Crippen molar-refractivity contribution in [3.05, 3.63) is 98.8 Å². The van der Waals surface area contributed by atoms with Crippen LogP contribution in [0.2, 0.25) is 5.02 Å². The van der Waals surface area contributed by atoms with Gasteiger partial charge in [-0.3, -0.25) is 14.4 Å². The van der Waals surface area contributed by atoms with Crippen LogP contribution < -0.4 is 5.32 Å². The van der Waals surface area contributed by atoms with Crippen molar-refractivity contribution < 1.29 is 53.9 Å². The Morgan fingerprint density at radius 1 is 0.844 bits per heavy atom. The lowest BCUT2D eigenvalue weighted by atomic mass is 9.97. The number of carbonyl (C=O) groups excluding carboxylic acids is 3. The SMILES string of the molecule is O=C(Cc1c(F)ccc(CC(=O)c2cc(NC(=O)[C@H]3[C@H](c4ccc(F)c(C(F)(F)F)c4)C3(Cl)Cl)ccc2Cl)c1F)CC(F)(F)F. The molecular formula is C29H17Cl3F9NO3. The summed E-state index contributed by atoms with van der Waals surface area (Å²) in [7, 11) is 0. The zero-order valence-corrected chi connectivity index (χ0v) is 24.4. The summed E-state index contributed by atoms with van der Waals surface area (Å²) in [6.45, 7) is 0. The Morgan fingerprint density at radius 2 is 1.49 bits per heavy atom. The molecule has 0 unspecified atom stereocenters. The first-order valence-corrected chi connectivity index (χ1v) is 13.8. The molecule has 0 radical (unpaired) electrons. The topological polar surface area (TPSA) is 63.2 Å². The quantitative estimate of drug-likeness (QED) is 0.138. The fourth-order valence-electron chi connectivity index (χ4n) is 4.75. The van der Waals surface area contributed by atoms with E-state index < -0.39 is 99.4 Å². The predicted octanol–water partition coefficient (Wildman–Crippen LogP) is 8.79. The van der Waals surface area contributed by atoms with Crippen molar-refractivity contribution in [2.24, 2.45) is 5.92 Å². The van der Waals surface area contributed by atoms with Crippen molar-refractivity contribution >= 4 is 58.0 Å². The molecule has 4 nitrogen and oxygen atoms in total. The fraction of sp³-hybridized carbons (Fsp3) is 0.276. The van der Waals surface area contributed by atoms with Gasteiger partial charge in [-0.05, 0) is 47.5 Å². The zero-order valence-electron chi connectivity index (χ0n) is 22.2. The fourth-order valence-corrected chi connectivity index (χ4v) is 5.81. The summed E-state index contributed by atoms with van der Waals surface area (Å²) in [5.41, 5.74) is -3.45. The van der Waals surface area contributed by atoms with E-state index in [2.05, 4.69) is 5.32 Å². The van der Waals surface area contributed by atoms with Crippen LogP contribution in [0, 0.1) is 23.4 Å². The molecule has 1 saturated carbocycles. The van der Waals surface area contributed by atoms with E-state index in [1.165, 1.54) is 12.1 Å².